The van der Waals surface area contributed by atoms with Crippen LogP contribution in [0.5, 0.6) is 0 Å². The maximum Gasteiger partial charge on any atom is 0.408 e. The van der Waals surface area contributed by atoms with Gasteiger partial charge in [-0.25, -0.2) is 0 Å². The van der Waals surface area contributed by atoms with Gasteiger partial charge in [-0.2, -0.15) is 13.2 Å². The van der Waals surface area contributed by atoms with Gasteiger partial charge in [-0.1, -0.05) is 48.5 Å². The fourth-order valence-electron chi connectivity index (χ4n) is 3.39. The normalized spacial score (nSPS) is 21.5. The monoisotopic (exact) mass is 305 g/mol. The zero-order valence-corrected chi connectivity index (χ0v) is 12.3. The maximum absolute atomic E-state index is 13.5. The lowest BCUT2D eigenvalue weighted by Crippen LogP contribution is -2.49. The Morgan fingerprint density at radius 2 is 1.64 bits per heavy atom. The topological polar surface area (TPSA) is 3.24 Å². The molecule has 0 unspecified atom stereocenters. The largest absolute Gasteiger partial charge is 0.408 e. The highest BCUT2D eigenvalue weighted by atomic mass is 19.4. The fraction of sp³-hybridized carbons (Fsp3) is 0.333. The minimum absolute atomic E-state index is 0.0678. The predicted octanol–water partition coefficient (Wildman–Crippen LogP) is 4.98. The van der Waals surface area contributed by atoms with Gasteiger partial charge in [0.05, 0.1) is 0 Å². The molecule has 4 heteroatoms. The molecule has 2 aromatic carbocycles. The molecular formula is C18H18F3N. The third-order valence-electron chi connectivity index (χ3n) is 4.38. The lowest BCUT2D eigenvalue weighted by Gasteiger charge is -2.42. The Morgan fingerprint density at radius 3 is 2.27 bits per heavy atom. The van der Waals surface area contributed by atoms with Gasteiger partial charge >= 0.3 is 6.18 Å². The zero-order valence-electron chi connectivity index (χ0n) is 12.3. The highest BCUT2D eigenvalue weighted by Gasteiger charge is 2.47. The molecule has 0 N–H and O–H groups in total. The first-order valence-electron chi connectivity index (χ1n) is 7.49. The number of hydrogen-bond donors (Lipinski definition) is 0. The summed E-state index contributed by atoms with van der Waals surface area (Å²) in [4.78, 5) is 1.48. The Hall–Kier alpha value is -1.97. The van der Waals surface area contributed by atoms with Crippen LogP contribution in [-0.2, 0) is 0 Å². The van der Waals surface area contributed by atoms with E-state index in [0.29, 0.717) is 12.2 Å². The van der Waals surface area contributed by atoms with E-state index in [1.165, 1.54) is 4.90 Å². The van der Waals surface area contributed by atoms with Crippen LogP contribution in [0.4, 0.5) is 18.9 Å². The van der Waals surface area contributed by atoms with E-state index in [-0.39, 0.29) is 12.3 Å². The fourth-order valence-corrected chi connectivity index (χ4v) is 3.39. The van der Waals surface area contributed by atoms with Gasteiger partial charge < -0.3 is 4.90 Å². The molecule has 2 atom stereocenters. The Morgan fingerprint density at radius 1 is 1.00 bits per heavy atom. The summed E-state index contributed by atoms with van der Waals surface area (Å²) >= 11 is 0. The molecular weight excluding hydrogens is 287 g/mol. The number of benzene rings is 2. The molecule has 3 rings (SSSR count). The predicted molar refractivity (Wildman–Crippen MR) is 82.2 cm³/mol. The average molecular weight is 305 g/mol. The van der Waals surface area contributed by atoms with E-state index in [0.717, 1.165) is 11.1 Å². The van der Waals surface area contributed by atoms with Crippen molar-refractivity contribution in [3.63, 3.8) is 0 Å². The quantitative estimate of drug-likeness (QED) is 0.756. The molecule has 1 nitrogen and oxygen atoms in total. The number of para-hydroxylation sites is 1. The summed E-state index contributed by atoms with van der Waals surface area (Å²) < 4.78 is 40.6. The summed E-state index contributed by atoms with van der Waals surface area (Å²) in [5.74, 6) is -0.216. The van der Waals surface area contributed by atoms with E-state index < -0.39 is 12.2 Å². The van der Waals surface area contributed by atoms with Crippen LogP contribution in [0.2, 0.25) is 0 Å². The number of alkyl halides is 3. The van der Waals surface area contributed by atoms with E-state index in [2.05, 4.69) is 0 Å². The lowest BCUT2D eigenvalue weighted by atomic mass is 9.81. The SMILES string of the molecule is CCN1c2ccccc2[C@@H](c2ccccc2)C[C@@H]1C(F)(F)F. The van der Waals surface area contributed by atoms with E-state index in [1.54, 1.807) is 13.0 Å². The number of nitrogens with zero attached hydrogens (tertiary/aromatic N) is 1. The third-order valence-corrected chi connectivity index (χ3v) is 4.38. The highest BCUT2D eigenvalue weighted by molar-refractivity contribution is 5.60. The molecule has 0 fully saturated rings. The van der Waals surface area contributed by atoms with Crippen molar-refractivity contribution in [1.82, 2.24) is 0 Å². The molecule has 0 saturated carbocycles. The molecule has 116 valence electrons. The Kier molecular flexibility index (Phi) is 3.85. The van der Waals surface area contributed by atoms with E-state index in [9.17, 15) is 13.2 Å². The number of hydrogen-bond acceptors (Lipinski definition) is 1. The van der Waals surface area contributed by atoms with Crippen molar-refractivity contribution >= 4 is 5.69 Å². The van der Waals surface area contributed by atoms with Crippen LogP contribution in [0.25, 0.3) is 0 Å². The van der Waals surface area contributed by atoms with Crippen molar-refractivity contribution in [2.24, 2.45) is 0 Å². The van der Waals surface area contributed by atoms with Crippen LogP contribution in [0, 0.1) is 0 Å². The smallest absolute Gasteiger partial charge is 0.360 e. The van der Waals surface area contributed by atoms with Gasteiger partial charge in [0.1, 0.15) is 6.04 Å². The van der Waals surface area contributed by atoms with Gasteiger partial charge in [0.2, 0.25) is 0 Å². The molecule has 0 aromatic heterocycles. The second kappa shape index (κ2) is 5.67. The molecule has 1 aliphatic rings. The summed E-state index contributed by atoms with van der Waals surface area (Å²) in [6.07, 6.45) is -4.16. The molecule has 0 bridgehead atoms. The minimum atomic E-state index is -4.23. The number of fused-ring (bicyclic) bond motifs is 1. The number of anilines is 1. The van der Waals surface area contributed by atoms with Crippen LogP contribution in [-0.4, -0.2) is 18.8 Å². The summed E-state index contributed by atoms with van der Waals surface area (Å²) in [7, 11) is 0. The number of halogens is 3. The summed E-state index contributed by atoms with van der Waals surface area (Å²) in [6, 6.07) is 15.5. The van der Waals surface area contributed by atoms with Gasteiger partial charge in [-0.05, 0) is 30.5 Å². The van der Waals surface area contributed by atoms with Gasteiger partial charge in [0.15, 0.2) is 0 Å². The van der Waals surface area contributed by atoms with E-state index in [4.69, 9.17) is 0 Å². The van der Waals surface area contributed by atoms with Crippen molar-refractivity contribution in [2.75, 3.05) is 11.4 Å². The molecule has 0 aliphatic carbocycles. The lowest BCUT2D eigenvalue weighted by molar-refractivity contribution is -0.151. The van der Waals surface area contributed by atoms with Crippen LogP contribution >= 0.6 is 0 Å². The van der Waals surface area contributed by atoms with Crippen LogP contribution in [0.3, 0.4) is 0 Å². The Balaban J connectivity index is 2.12. The molecule has 0 radical (unpaired) electrons. The molecule has 0 saturated heterocycles. The highest BCUT2D eigenvalue weighted by Crippen LogP contribution is 2.45. The van der Waals surface area contributed by atoms with E-state index in [1.807, 2.05) is 48.5 Å². The summed E-state index contributed by atoms with van der Waals surface area (Å²) in [6.45, 7) is 2.13. The van der Waals surface area contributed by atoms with E-state index >= 15 is 0 Å². The first-order valence-corrected chi connectivity index (χ1v) is 7.49. The van der Waals surface area contributed by atoms with Gasteiger partial charge in [-0.15, -0.1) is 0 Å². The third kappa shape index (κ3) is 2.58. The van der Waals surface area contributed by atoms with Crippen molar-refractivity contribution in [3.05, 3.63) is 65.7 Å². The van der Waals surface area contributed by atoms with Gasteiger partial charge in [-0.3, -0.25) is 0 Å². The van der Waals surface area contributed by atoms with Crippen LogP contribution < -0.4 is 4.90 Å². The molecule has 1 aliphatic heterocycles. The maximum atomic E-state index is 13.5. The average Bonchev–Trinajstić information content (AvgIpc) is 2.53. The van der Waals surface area contributed by atoms with Crippen molar-refractivity contribution in [2.45, 2.75) is 31.5 Å². The van der Waals surface area contributed by atoms with Crippen LogP contribution in [0.1, 0.15) is 30.4 Å². The van der Waals surface area contributed by atoms with Crippen molar-refractivity contribution in [3.8, 4) is 0 Å². The van der Waals surface area contributed by atoms with Gasteiger partial charge in [0.25, 0.3) is 0 Å². The number of rotatable bonds is 2. The molecule has 0 spiro atoms. The summed E-state index contributed by atoms with van der Waals surface area (Å²) in [5, 5.41) is 0. The van der Waals surface area contributed by atoms with Crippen molar-refractivity contribution < 1.29 is 13.2 Å². The summed E-state index contributed by atoms with van der Waals surface area (Å²) in [5.41, 5.74) is 2.63. The van der Waals surface area contributed by atoms with Crippen molar-refractivity contribution in [1.29, 1.82) is 0 Å². The molecule has 2 aromatic rings. The zero-order chi connectivity index (χ0) is 15.7. The first kappa shape index (κ1) is 14.9. The Labute approximate surface area is 128 Å². The second-order valence-corrected chi connectivity index (χ2v) is 5.60. The molecule has 0 amide bonds. The first-order chi connectivity index (χ1) is 10.5. The Bertz CT molecular complexity index is 636. The van der Waals surface area contributed by atoms with Gasteiger partial charge in [0, 0.05) is 18.2 Å². The molecule has 22 heavy (non-hydrogen) atoms. The van der Waals surface area contributed by atoms with Crippen LogP contribution in [0.15, 0.2) is 54.6 Å². The minimum Gasteiger partial charge on any atom is -0.360 e. The molecule has 1 heterocycles. The standard InChI is InChI=1S/C18H18F3N/c1-2-22-16-11-7-6-10-14(16)15(12-17(22)18(19,20)21)13-8-4-3-5-9-13/h3-11,15,17H,2,12H2,1H3/t15-,17-/m1/s1. The second-order valence-electron chi connectivity index (χ2n) is 5.60.